The van der Waals surface area contributed by atoms with E-state index in [1.54, 1.807) is 0 Å². The van der Waals surface area contributed by atoms with E-state index in [1.165, 1.54) is 97.7 Å². The Balaban J connectivity index is 1.53. The van der Waals surface area contributed by atoms with Crippen molar-refractivity contribution in [1.29, 1.82) is 0 Å². The second-order valence-corrected chi connectivity index (χ2v) is 8.79. The van der Waals surface area contributed by atoms with Gasteiger partial charge in [0, 0.05) is 17.5 Å². The fraction of sp³-hybridized carbons (Fsp3) is 0.433. The molecule has 0 fully saturated rings. The van der Waals surface area contributed by atoms with Gasteiger partial charge in [0.15, 0.2) is 0 Å². The maximum Gasteiger partial charge on any atom is 0.0404 e. The summed E-state index contributed by atoms with van der Waals surface area (Å²) in [6.45, 7) is 4.53. The number of aryl methyl sites for hydroxylation is 2. The topological polar surface area (TPSA) is 12.9 Å². The van der Waals surface area contributed by atoms with Crippen LogP contribution in [0.4, 0.5) is 0 Å². The van der Waals surface area contributed by atoms with E-state index in [2.05, 4.69) is 79.5 Å². The van der Waals surface area contributed by atoms with Crippen molar-refractivity contribution in [1.82, 2.24) is 4.98 Å². The highest BCUT2D eigenvalue weighted by Gasteiger charge is 2.03. The van der Waals surface area contributed by atoms with E-state index in [9.17, 15) is 0 Å². The third-order valence-corrected chi connectivity index (χ3v) is 6.19. The van der Waals surface area contributed by atoms with Gasteiger partial charge >= 0.3 is 0 Å². The number of pyridine rings is 1. The molecule has 0 bridgehead atoms. The fourth-order valence-corrected chi connectivity index (χ4v) is 4.13. The molecule has 1 nitrogen and oxygen atoms in total. The molecule has 0 saturated heterocycles. The van der Waals surface area contributed by atoms with E-state index >= 15 is 0 Å². The van der Waals surface area contributed by atoms with Crippen molar-refractivity contribution in [2.75, 3.05) is 0 Å². The molecule has 31 heavy (non-hydrogen) atoms. The molecule has 0 amide bonds. The van der Waals surface area contributed by atoms with Crippen LogP contribution in [0, 0.1) is 0 Å². The summed E-state index contributed by atoms with van der Waals surface area (Å²) in [6.07, 6.45) is 16.2. The average Bonchev–Trinajstić information content (AvgIpc) is 2.83. The molecule has 0 aliphatic carbocycles. The zero-order valence-corrected chi connectivity index (χ0v) is 19.6. The number of rotatable bonds is 13. The van der Waals surface area contributed by atoms with Gasteiger partial charge in [-0.05, 0) is 54.0 Å². The minimum Gasteiger partial charge on any atom is -0.261 e. The Morgan fingerprint density at radius 1 is 0.484 bits per heavy atom. The zero-order chi connectivity index (χ0) is 21.7. The van der Waals surface area contributed by atoms with Crippen LogP contribution >= 0.6 is 0 Å². The quantitative estimate of drug-likeness (QED) is 0.255. The van der Waals surface area contributed by atoms with Gasteiger partial charge in [0.1, 0.15) is 0 Å². The first-order valence-electron chi connectivity index (χ1n) is 12.4. The molecule has 3 rings (SSSR count). The molecule has 0 atom stereocenters. The normalized spacial score (nSPS) is 11.0. The van der Waals surface area contributed by atoms with Gasteiger partial charge in [-0.25, -0.2) is 0 Å². The Kier molecular flexibility index (Phi) is 9.83. The highest BCUT2D eigenvalue weighted by atomic mass is 14.7. The van der Waals surface area contributed by atoms with Gasteiger partial charge in [-0.15, -0.1) is 0 Å². The second-order valence-electron chi connectivity index (χ2n) is 8.79. The number of nitrogens with zero attached hydrogens (tertiary/aromatic N) is 1. The zero-order valence-electron chi connectivity index (χ0n) is 19.6. The Hall–Kier alpha value is -2.41. The summed E-state index contributed by atoms with van der Waals surface area (Å²) in [7, 11) is 0. The predicted molar refractivity (Wildman–Crippen MR) is 135 cm³/mol. The van der Waals surface area contributed by atoms with E-state index in [4.69, 9.17) is 0 Å². The number of hydrogen-bond acceptors (Lipinski definition) is 1. The predicted octanol–water partition coefficient (Wildman–Crippen LogP) is 9.05. The highest BCUT2D eigenvalue weighted by molar-refractivity contribution is 5.70. The van der Waals surface area contributed by atoms with E-state index in [0.717, 1.165) is 6.42 Å². The third kappa shape index (κ3) is 7.65. The highest BCUT2D eigenvalue weighted by Crippen LogP contribution is 2.25. The van der Waals surface area contributed by atoms with Crippen molar-refractivity contribution >= 4 is 0 Å². The SMILES string of the molecule is CCCCCCCc1ccc(-c2ccc(-c3ccc(CCCCCC)nc3)cc2)cc1. The lowest BCUT2D eigenvalue weighted by Gasteiger charge is -2.07. The second kappa shape index (κ2) is 13.1. The first-order chi connectivity index (χ1) is 15.3. The molecular weight excluding hydrogens is 374 g/mol. The van der Waals surface area contributed by atoms with Gasteiger partial charge in [-0.2, -0.15) is 0 Å². The molecule has 0 aliphatic heterocycles. The summed E-state index contributed by atoms with van der Waals surface area (Å²) in [5.41, 5.74) is 7.67. The van der Waals surface area contributed by atoms with Crippen molar-refractivity contribution in [2.24, 2.45) is 0 Å². The lowest BCUT2D eigenvalue weighted by molar-refractivity contribution is 0.632. The van der Waals surface area contributed by atoms with Crippen molar-refractivity contribution in [2.45, 2.75) is 84.5 Å². The van der Waals surface area contributed by atoms with Crippen LogP contribution in [0.3, 0.4) is 0 Å². The van der Waals surface area contributed by atoms with Crippen molar-refractivity contribution in [3.05, 3.63) is 78.1 Å². The minimum atomic E-state index is 1.09. The summed E-state index contributed by atoms with van der Waals surface area (Å²) in [5.74, 6) is 0. The van der Waals surface area contributed by atoms with Crippen LogP contribution in [-0.2, 0) is 12.8 Å². The number of benzene rings is 2. The first kappa shape index (κ1) is 23.3. The monoisotopic (exact) mass is 413 g/mol. The molecule has 3 aromatic rings. The van der Waals surface area contributed by atoms with E-state index in [0.29, 0.717) is 0 Å². The van der Waals surface area contributed by atoms with Gasteiger partial charge in [0.05, 0.1) is 0 Å². The van der Waals surface area contributed by atoms with Crippen LogP contribution in [0.2, 0.25) is 0 Å². The van der Waals surface area contributed by atoms with Crippen molar-refractivity contribution < 1.29 is 0 Å². The molecular formula is C30H39N. The first-order valence-corrected chi connectivity index (χ1v) is 12.4. The Labute approximate surface area is 190 Å². The average molecular weight is 414 g/mol. The van der Waals surface area contributed by atoms with Crippen LogP contribution in [0.1, 0.15) is 82.9 Å². The Morgan fingerprint density at radius 3 is 1.55 bits per heavy atom. The molecule has 0 radical (unpaired) electrons. The van der Waals surface area contributed by atoms with Crippen LogP contribution in [-0.4, -0.2) is 4.98 Å². The van der Waals surface area contributed by atoms with Gasteiger partial charge in [-0.1, -0.05) is 113 Å². The van der Waals surface area contributed by atoms with Crippen LogP contribution in [0.15, 0.2) is 66.9 Å². The van der Waals surface area contributed by atoms with Crippen LogP contribution < -0.4 is 0 Å². The molecule has 0 unspecified atom stereocenters. The van der Waals surface area contributed by atoms with E-state index in [-0.39, 0.29) is 0 Å². The fourth-order valence-electron chi connectivity index (χ4n) is 4.13. The summed E-state index contributed by atoms with van der Waals surface area (Å²) in [4.78, 5) is 4.68. The molecule has 2 aromatic carbocycles. The standard InChI is InChI=1S/C30H39N/c1-3-5-7-9-10-12-25-14-16-26(17-15-25)27-18-20-28(21-19-27)29-22-23-30(31-24-29)13-11-8-6-4-2/h14-24H,3-13H2,1-2H3. The lowest BCUT2D eigenvalue weighted by Crippen LogP contribution is -1.91. The summed E-state index contributed by atoms with van der Waals surface area (Å²) in [5, 5.41) is 0. The molecule has 0 N–H and O–H groups in total. The summed E-state index contributed by atoms with van der Waals surface area (Å²) >= 11 is 0. The van der Waals surface area contributed by atoms with Crippen molar-refractivity contribution in [3.63, 3.8) is 0 Å². The van der Waals surface area contributed by atoms with Crippen molar-refractivity contribution in [3.8, 4) is 22.3 Å². The molecule has 1 aromatic heterocycles. The van der Waals surface area contributed by atoms with Gasteiger partial charge in [0.2, 0.25) is 0 Å². The van der Waals surface area contributed by atoms with E-state index in [1.807, 2.05) is 6.20 Å². The molecule has 0 saturated carbocycles. The smallest absolute Gasteiger partial charge is 0.0404 e. The van der Waals surface area contributed by atoms with Gasteiger partial charge in [0.25, 0.3) is 0 Å². The molecule has 164 valence electrons. The molecule has 1 heteroatoms. The molecule has 0 spiro atoms. The number of hydrogen-bond donors (Lipinski definition) is 0. The summed E-state index contributed by atoms with van der Waals surface area (Å²) in [6, 6.07) is 22.4. The Bertz CT molecular complexity index is 860. The molecule has 0 aliphatic rings. The molecule has 1 heterocycles. The largest absolute Gasteiger partial charge is 0.261 e. The van der Waals surface area contributed by atoms with E-state index < -0.39 is 0 Å². The Morgan fingerprint density at radius 2 is 0.968 bits per heavy atom. The van der Waals surface area contributed by atoms with Crippen LogP contribution in [0.5, 0.6) is 0 Å². The van der Waals surface area contributed by atoms with Crippen LogP contribution in [0.25, 0.3) is 22.3 Å². The lowest BCUT2D eigenvalue weighted by atomic mass is 9.98. The van der Waals surface area contributed by atoms with Gasteiger partial charge < -0.3 is 0 Å². The maximum atomic E-state index is 4.68. The summed E-state index contributed by atoms with van der Waals surface area (Å²) < 4.78 is 0. The minimum absolute atomic E-state index is 1.09. The maximum absolute atomic E-state index is 4.68. The number of unbranched alkanes of at least 4 members (excludes halogenated alkanes) is 7. The van der Waals surface area contributed by atoms with Gasteiger partial charge in [-0.3, -0.25) is 4.98 Å². The third-order valence-electron chi connectivity index (χ3n) is 6.19. The number of aromatic nitrogens is 1.